The number of halogens is 1. The van der Waals surface area contributed by atoms with Gasteiger partial charge in [0, 0.05) is 18.7 Å². The van der Waals surface area contributed by atoms with Crippen molar-refractivity contribution in [1.82, 2.24) is 9.62 Å². The van der Waals surface area contributed by atoms with Gasteiger partial charge < -0.3 is 5.32 Å². The molecule has 1 heterocycles. The molecule has 0 saturated carbocycles. The summed E-state index contributed by atoms with van der Waals surface area (Å²) in [5.74, 6) is -0.279. The van der Waals surface area contributed by atoms with Crippen LogP contribution in [0.5, 0.6) is 0 Å². The normalized spacial score (nSPS) is 20.1. The number of carbonyl (C=O) groups is 1. The molecule has 0 spiro atoms. The van der Waals surface area contributed by atoms with Crippen LogP contribution in [0, 0.1) is 0 Å². The molecule has 2 aromatic carbocycles. The Morgan fingerprint density at radius 3 is 2.59 bits per heavy atom. The van der Waals surface area contributed by atoms with Crippen molar-refractivity contribution in [3.8, 4) is 0 Å². The Labute approximate surface area is 177 Å². The number of carbonyl (C=O) groups excluding carboxylic acids is 1. The topological polar surface area (TPSA) is 66.5 Å². The lowest BCUT2D eigenvalue weighted by Gasteiger charge is -2.27. The fourth-order valence-electron chi connectivity index (χ4n) is 4.23. The number of amides is 1. The molecule has 1 fully saturated rings. The highest BCUT2D eigenvalue weighted by molar-refractivity contribution is 7.89. The first kappa shape index (κ1) is 20.4. The quantitative estimate of drug-likeness (QED) is 0.782. The first-order valence-electron chi connectivity index (χ1n) is 10.2. The Bertz CT molecular complexity index is 1020. The van der Waals surface area contributed by atoms with Crippen LogP contribution >= 0.6 is 11.6 Å². The van der Waals surface area contributed by atoms with Crippen molar-refractivity contribution < 1.29 is 13.2 Å². The first-order chi connectivity index (χ1) is 14.0. The van der Waals surface area contributed by atoms with Gasteiger partial charge >= 0.3 is 0 Å². The molecule has 1 N–H and O–H groups in total. The smallest absolute Gasteiger partial charge is 0.251 e. The zero-order chi connectivity index (χ0) is 20.4. The average Bonchev–Trinajstić information content (AvgIpc) is 2.75. The number of hydrogen-bond acceptors (Lipinski definition) is 3. The Morgan fingerprint density at radius 1 is 1.03 bits per heavy atom. The van der Waals surface area contributed by atoms with Gasteiger partial charge in [0.15, 0.2) is 0 Å². The predicted molar refractivity (Wildman–Crippen MR) is 114 cm³/mol. The van der Waals surface area contributed by atoms with Crippen LogP contribution in [0.25, 0.3) is 0 Å². The molecule has 29 heavy (non-hydrogen) atoms. The highest BCUT2D eigenvalue weighted by Crippen LogP contribution is 2.31. The molecule has 1 atom stereocenters. The average molecular weight is 433 g/mol. The van der Waals surface area contributed by atoms with Gasteiger partial charge in [-0.25, -0.2) is 8.42 Å². The third-order valence-corrected chi connectivity index (χ3v) is 8.18. The fourth-order valence-corrected chi connectivity index (χ4v) is 6.25. The van der Waals surface area contributed by atoms with Crippen LogP contribution in [0.3, 0.4) is 0 Å². The first-order valence-corrected chi connectivity index (χ1v) is 12.0. The van der Waals surface area contributed by atoms with Crippen LogP contribution in [0.4, 0.5) is 0 Å². The lowest BCUT2D eigenvalue weighted by atomic mass is 9.87. The van der Waals surface area contributed by atoms with E-state index in [0.717, 1.165) is 44.1 Å². The third kappa shape index (κ3) is 4.20. The number of aryl methyl sites for hydroxylation is 1. The van der Waals surface area contributed by atoms with Crippen molar-refractivity contribution in [2.45, 2.75) is 49.5 Å². The molecule has 2 aromatic rings. The van der Waals surface area contributed by atoms with Crippen LogP contribution in [0.15, 0.2) is 47.4 Å². The lowest BCUT2D eigenvalue weighted by molar-refractivity contribution is 0.0932. The second-order valence-electron chi connectivity index (χ2n) is 7.73. The minimum atomic E-state index is -3.71. The Hall–Kier alpha value is -1.89. The third-order valence-electron chi connectivity index (χ3n) is 5.80. The molecule has 4 rings (SSSR count). The summed E-state index contributed by atoms with van der Waals surface area (Å²) in [5, 5.41) is 3.23. The number of benzene rings is 2. The van der Waals surface area contributed by atoms with Gasteiger partial charge in [-0.15, -0.1) is 0 Å². The van der Waals surface area contributed by atoms with Gasteiger partial charge in [0.05, 0.1) is 11.1 Å². The summed E-state index contributed by atoms with van der Waals surface area (Å²) in [6.45, 7) is 0.988. The van der Waals surface area contributed by atoms with Crippen LogP contribution < -0.4 is 5.32 Å². The summed E-state index contributed by atoms with van der Waals surface area (Å²) in [6, 6.07) is 12.6. The van der Waals surface area contributed by atoms with Crippen molar-refractivity contribution in [2.24, 2.45) is 0 Å². The van der Waals surface area contributed by atoms with Crippen LogP contribution in [0.2, 0.25) is 5.02 Å². The summed E-state index contributed by atoms with van der Waals surface area (Å²) < 4.78 is 27.6. The van der Waals surface area contributed by atoms with Crippen LogP contribution in [-0.4, -0.2) is 31.7 Å². The van der Waals surface area contributed by atoms with Crippen LogP contribution in [-0.2, 0) is 16.4 Å². The van der Waals surface area contributed by atoms with E-state index in [1.54, 1.807) is 6.07 Å². The number of piperidine rings is 1. The lowest BCUT2D eigenvalue weighted by Crippen LogP contribution is -2.36. The molecule has 0 radical (unpaired) electrons. The van der Waals surface area contributed by atoms with E-state index in [1.807, 2.05) is 18.2 Å². The van der Waals surface area contributed by atoms with Gasteiger partial charge in [-0.2, -0.15) is 4.31 Å². The summed E-state index contributed by atoms with van der Waals surface area (Å²) in [4.78, 5) is 12.9. The van der Waals surface area contributed by atoms with Crippen LogP contribution in [0.1, 0.15) is 59.6 Å². The monoisotopic (exact) mass is 432 g/mol. The van der Waals surface area contributed by atoms with E-state index >= 15 is 0 Å². The van der Waals surface area contributed by atoms with Crippen molar-refractivity contribution in [1.29, 1.82) is 0 Å². The van der Waals surface area contributed by atoms with Gasteiger partial charge in [-0.3, -0.25) is 4.79 Å². The van der Waals surface area contributed by atoms with E-state index in [-0.39, 0.29) is 21.9 Å². The molecule has 154 valence electrons. The number of nitrogens with one attached hydrogen (secondary N) is 1. The Morgan fingerprint density at radius 2 is 1.79 bits per heavy atom. The van der Waals surface area contributed by atoms with Crippen molar-refractivity contribution >= 4 is 27.5 Å². The molecule has 1 amide bonds. The number of rotatable bonds is 4. The SMILES string of the molecule is O=C(N[C@H]1CCCc2ccccc21)c1ccc(Cl)c(S(=O)(=O)N2CCCCC2)c1. The maximum Gasteiger partial charge on any atom is 0.251 e. The number of hydrogen-bond donors (Lipinski definition) is 1. The molecular formula is C22H25ClN2O3S. The molecular weight excluding hydrogens is 408 g/mol. The van der Waals surface area contributed by atoms with E-state index in [4.69, 9.17) is 11.6 Å². The van der Waals surface area contributed by atoms with E-state index in [9.17, 15) is 13.2 Å². The summed E-state index contributed by atoms with van der Waals surface area (Å²) in [7, 11) is -3.71. The largest absolute Gasteiger partial charge is 0.345 e. The van der Waals surface area contributed by atoms with Gasteiger partial charge in [0.25, 0.3) is 5.91 Å². The highest BCUT2D eigenvalue weighted by atomic mass is 35.5. The maximum absolute atomic E-state index is 13.0. The van der Waals surface area contributed by atoms with E-state index in [1.165, 1.54) is 22.0 Å². The van der Waals surface area contributed by atoms with E-state index < -0.39 is 10.0 Å². The van der Waals surface area contributed by atoms with Gasteiger partial charge in [-0.1, -0.05) is 42.3 Å². The highest BCUT2D eigenvalue weighted by Gasteiger charge is 2.29. The van der Waals surface area contributed by atoms with Gasteiger partial charge in [0.1, 0.15) is 4.90 Å². The summed E-state index contributed by atoms with van der Waals surface area (Å²) in [5.41, 5.74) is 2.71. The maximum atomic E-state index is 13.0. The summed E-state index contributed by atoms with van der Waals surface area (Å²) in [6.07, 6.45) is 5.62. The van der Waals surface area contributed by atoms with Gasteiger partial charge in [0.2, 0.25) is 10.0 Å². The second kappa shape index (κ2) is 8.46. The Kier molecular flexibility index (Phi) is 5.95. The summed E-state index contributed by atoms with van der Waals surface area (Å²) >= 11 is 6.23. The second-order valence-corrected chi connectivity index (χ2v) is 10.0. The zero-order valence-electron chi connectivity index (χ0n) is 16.2. The zero-order valence-corrected chi connectivity index (χ0v) is 17.8. The number of nitrogens with zero attached hydrogens (tertiary/aromatic N) is 1. The number of sulfonamides is 1. The molecule has 0 aromatic heterocycles. The van der Waals surface area contributed by atoms with E-state index in [2.05, 4.69) is 11.4 Å². The molecule has 1 aliphatic heterocycles. The number of fused-ring (bicyclic) bond motifs is 1. The fraction of sp³-hybridized carbons (Fsp3) is 0.409. The van der Waals surface area contributed by atoms with Crippen molar-refractivity contribution in [3.05, 3.63) is 64.2 Å². The molecule has 1 aliphatic carbocycles. The predicted octanol–water partition coefficient (Wildman–Crippen LogP) is 4.32. The molecule has 1 saturated heterocycles. The molecule has 7 heteroatoms. The Balaban J connectivity index is 1.58. The minimum Gasteiger partial charge on any atom is -0.345 e. The molecule has 0 bridgehead atoms. The minimum absolute atomic E-state index is 0.0118. The van der Waals surface area contributed by atoms with Gasteiger partial charge in [-0.05, 0) is 61.4 Å². The molecule has 5 nitrogen and oxygen atoms in total. The molecule has 2 aliphatic rings. The standard InChI is InChI=1S/C22H25ClN2O3S/c23-19-12-11-17(15-21(19)29(27,28)25-13-4-1-5-14-25)22(26)24-20-10-6-8-16-7-2-3-9-18(16)20/h2-3,7,9,11-12,15,20H,1,4-6,8,10,13-14H2,(H,24,26)/t20-/m0/s1. The van der Waals surface area contributed by atoms with E-state index in [0.29, 0.717) is 18.7 Å². The molecule has 0 unspecified atom stereocenters. The van der Waals surface area contributed by atoms with Crippen molar-refractivity contribution in [2.75, 3.05) is 13.1 Å². The van der Waals surface area contributed by atoms with Crippen molar-refractivity contribution in [3.63, 3.8) is 0 Å².